The average Bonchev–Trinajstić information content (AvgIpc) is 3.16. The highest BCUT2D eigenvalue weighted by Crippen LogP contribution is 2.29. The molecule has 0 saturated heterocycles. The molecule has 1 aromatic carbocycles. The largest absolute Gasteiger partial charge is 0.493 e. The Morgan fingerprint density at radius 3 is 2.82 bits per heavy atom. The highest BCUT2D eigenvalue weighted by molar-refractivity contribution is 7.13. The summed E-state index contributed by atoms with van der Waals surface area (Å²) in [6, 6.07) is 8.05. The van der Waals surface area contributed by atoms with Gasteiger partial charge in [0.05, 0.1) is 19.2 Å². The number of hydrogen-bond donors (Lipinski definition) is 0. The van der Waals surface area contributed by atoms with Crippen LogP contribution in [0, 0.1) is 0 Å². The molecule has 0 N–H and O–H groups in total. The summed E-state index contributed by atoms with van der Waals surface area (Å²) in [5.41, 5.74) is 2.07. The normalized spacial score (nSPS) is 10.7. The highest BCUT2D eigenvalue weighted by Gasteiger charge is 2.13. The Morgan fingerprint density at radius 2 is 2.11 bits per heavy atom. The summed E-state index contributed by atoms with van der Waals surface area (Å²) < 4.78 is 39.3. The van der Waals surface area contributed by atoms with Gasteiger partial charge in [0, 0.05) is 23.3 Å². The van der Waals surface area contributed by atoms with E-state index in [1.165, 1.54) is 36.6 Å². The SMILES string of the molecule is COc1cc(COC(=O)Cc2csc(-c3cccnc3)n2)ccc1OC(F)F. The van der Waals surface area contributed by atoms with Crippen LogP contribution < -0.4 is 9.47 Å². The number of halogens is 2. The fourth-order valence-electron chi connectivity index (χ4n) is 2.37. The first kappa shape index (κ1) is 19.7. The van der Waals surface area contributed by atoms with Crippen molar-refractivity contribution in [2.45, 2.75) is 19.6 Å². The molecule has 0 spiro atoms. The Kier molecular flexibility index (Phi) is 6.49. The van der Waals surface area contributed by atoms with Gasteiger partial charge in [0.15, 0.2) is 11.5 Å². The Balaban J connectivity index is 1.57. The summed E-state index contributed by atoms with van der Waals surface area (Å²) in [6.45, 7) is -2.98. The number of alkyl halides is 2. The van der Waals surface area contributed by atoms with Crippen LogP contribution in [-0.4, -0.2) is 29.7 Å². The number of ether oxygens (including phenoxy) is 3. The number of aromatic nitrogens is 2. The maximum atomic E-state index is 12.4. The van der Waals surface area contributed by atoms with Crippen LogP contribution in [0.5, 0.6) is 11.5 Å². The van der Waals surface area contributed by atoms with E-state index in [2.05, 4.69) is 14.7 Å². The van der Waals surface area contributed by atoms with Gasteiger partial charge in [-0.2, -0.15) is 8.78 Å². The van der Waals surface area contributed by atoms with E-state index in [0.717, 1.165) is 10.6 Å². The quantitative estimate of drug-likeness (QED) is 0.525. The van der Waals surface area contributed by atoms with Gasteiger partial charge >= 0.3 is 12.6 Å². The lowest BCUT2D eigenvalue weighted by Crippen LogP contribution is -2.09. The predicted molar refractivity (Wildman–Crippen MR) is 98.5 cm³/mol. The summed E-state index contributed by atoms with van der Waals surface area (Å²) in [5.74, 6) is -0.401. The summed E-state index contributed by atoms with van der Waals surface area (Å²) >= 11 is 1.42. The lowest BCUT2D eigenvalue weighted by atomic mass is 10.2. The van der Waals surface area contributed by atoms with E-state index in [9.17, 15) is 13.6 Å². The number of thiazole rings is 1. The Bertz CT molecular complexity index is 935. The van der Waals surface area contributed by atoms with Gasteiger partial charge < -0.3 is 14.2 Å². The van der Waals surface area contributed by atoms with Crippen molar-refractivity contribution in [1.82, 2.24) is 9.97 Å². The van der Waals surface area contributed by atoms with Crippen molar-refractivity contribution in [2.24, 2.45) is 0 Å². The molecule has 2 aromatic heterocycles. The van der Waals surface area contributed by atoms with Crippen molar-refractivity contribution in [1.29, 1.82) is 0 Å². The molecule has 9 heteroatoms. The summed E-state index contributed by atoms with van der Waals surface area (Å²) in [4.78, 5) is 20.5. The molecule has 2 heterocycles. The van der Waals surface area contributed by atoms with Crippen LogP contribution in [-0.2, 0) is 22.6 Å². The maximum absolute atomic E-state index is 12.4. The number of rotatable bonds is 8. The van der Waals surface area contributed by atoms with Crippen molar-refractivity contribution in [2.75, 3.05) is 7.11 Å². The van der Waals surface area contributed by atoms with Crippen molar-refractivity contribution in [3.05, 3.63) is 59.4 Å². The molecule has 3 rings (SSSR count). The molecule has 0 aliphatic rings. The third kappa shape index (κ3) is 5.23. The van der Waals surface area contributed by atoms with Crippen LogP contribution in [0.25, 0.3) is 10.6 Å². The number of pyridine rings is 1. The van der Waals surface area contributed by atoms with Gasteiger partial charge in [0.25, 0.3) is 0 Å². The minimum atomic E-state index is -2.95. The number of methoxy groups -OCH3 is 1. The first-order chi connectivity index (χ1) is 13.5. The van der Waals surface area contributed by atoms with Gasteiger partial charge in [-0.3, -0.25) is 9.78 Å². The number of benzene rings is 1. The molecule has 146 valence electrons. The molecule has 6 nitrogen and oxygen atoms in total. The van der Waals surface area contributed by atoms with E-state index in [4.69, 9.17) is 9.47 Å². The molecule has 0 saturated carbocycles. The molecule has 0 radical (unpaired) electrons. The molecular formula is C19H16F2N2O4S. The van der Waals surface area contributed by atoms with E-state index in [1.54, 1.807) is 17.8 Å². The summed E-state index contributed by atoms with van der Waals surface area (Å²) in [5, 5.41) is 2.57. The van der Waals surface area contributed by atoms with Gasteiger partial charge in [-0.1, -0.05) is 6.07 Å². The van der Waals surface area contributed by atoms with Gasteiger partial charge in [0.1, 0.15) is 11.6 Å². The second kappa shape index (κ2) is 9.23. The Morgan fingerprint density at radius 1 is 1.25 bits per heavy atom. The summed E-state index contributed by atoms with van der Waals surface area (Å²) in [7, 11) is 1.34. The second-order valence-corrected chi connectivity index (χ2v) is 6.44. The zero-order valence-electron chi connectivity index (χ0n) is 14.8. The van der Waals surface area contributed by atoms with E-state index >= 15 is 0 Å². The van der Waals surface area contributed by atoms with Gasteiger partial charge in [-0.05, 0) is 29.8 Å². The third-order valence-electron chi connectivity index (χ3n) is 3.63. The fraction of sp³-hybridized carbons (Fsp3) is 0.211. The van der Waals surface area contributed by atoms with Crippen molar-refractivity contribution in [3.8, 4) is 22.1 Å². The van der Waals surface area contributed by atoms with Crippen LogP contribution >= 0.6 is 11.3 Å². The number of hydrogen-bond acceptors (Lipinski definition) is 7. The van der Waals surface area contributed by atoms with Gasteiger partial charge in [-0.25, -0.2) is 4.98 Å². The molecule has 0 aliphatic carbocycles. The molecular weight excluding hydrogens is 390 g/mol. The highest BCUT2D eigenvalue weighted by atomic mass is 32.1. The average molecular weight is 406 g/mol. The standard InChI is InChI=1S/C19H16F2N2O4S/c1-25-16-7-12(4-5-15(16)27-19(20)21)10-26-17(24)8-14-11-28-18(23-14)13-3-2-6-22-9-13/h2-7,9,11,19H,8,10H2,1H3. The minimum Gasteiger partial charge on any atom is -0.493 e. The Labute approximate surface area is 163 Å². The molecule has 0 atom stereocenters. The fourth-order valence-corrected chi connectivity index (χ4v) is 3.18. The molecule has 0 aliphatic heterocycles. The van der Waals surface area contributed by atoms with Gasteiger partial charge in [0.2, 0.25) is 0 Å². The molecule has 28 heavy (non-hydrogen) atoms. The first-order valence-corrected chi connectivity index (χ1v) is 9.05. The smallest absolute Gasteiger partial charge is 0.387 e. The van der Waals surface area contributed by atoms with E-state index in [-0.39, 0.29) is 24.5 Å². The lowest BCUT2D eigenvalue weighted by molar-refractivity contribution is -0.144. The molecule has 3 aromatic rings. The number of esters is 1. The van der Waals surface area contributed by atoms with Crippen LogP contribution in [0.1, 0.15) is 11.3 Å². The third-order valence-corrected chi connectivity index (χ3v) is 4.57. The van der Waals surface area contributed by atoms with Crippen LogP contribution in [0.4, 0.5) is 8.78 Å². The zero-order valence-corrected chi connectivity index (χ0v) is 15.6. The second-order valence-electron chi connectivity index (χ2n) is 5.59. The van der Waals surface area contributed by atoms with E-state index < -0.39 is 12.6 Å². The molecule has 0 amide bonds. The van der Waals surface area contributed by atoms with Crippen LogP contribution in [0.2, 0.25) is 0 Å². The van der Waals surface area contributed by atoms with E-state index in [1.807, 2.05) is 12.1 Å². The number of carbonyl (C=O) groups is 1. The van der Waals surface area contributed by atoms with Crippen molar-refractivity contribution in [3.63, 3.8) is 0 Å². The van der Waals surface area contributed by atoms with Crippen molar-refractivity contribution >= 4 is 17.3 Å². The number of nitrogens with zero attached hydrogens (tertiary/aromatic N) is 2. The summed E-state index contributed by atoms with van der Waals surface area (Å²) in [6.07, 6.45) is 3.41. The maximum Gasteiger partial charge on any atom is 0.387 e. The minimum absolute atomic E-state index is 0.0241. The van der Waals surface area contributed by atoms with Gasteiger partial charge in [-0.15, -0.1) is 11.3 Å². The van der Waals surface area contributed by atoms with Crippen LogP contribution in [0.15, 0.2) is 48.1 Å². The predicted octanol–water partition coefficient (Wildman–Crippen LogP) is 4.10. The Hall–Kier alpha value is -3.07. The topological polar surface area (TPSA) is 70.5 Å². The monoisotopic (exact) mass is 406 g/mol. The van der Waals surface area contributed by atoms with Crippen molar-refractivity contribution < 1.29 is 27.8 Å². The zero-order chi connectivity index (χ0) is 19.9. The lowest BCUT2D eigenvalue weighted by Gasteiger charge is -2.11. The molecule has 0 bridgehead atoms. The van der Waals surface area contributed by atoms with Crippen LogP contribution in [0.3, 0.4) is 0 Å². The molecule has 0 fully saturated rings. The molecule has 0 unspecified atom stereocenters. The van der Waals surface area contributed by atoms with E-state index in [0.29, 0.717) is 11.3 Å². The number of carbonyl (C=O) groups excluding carboxylic acids is 1. The first-order valence-electron chi connectivity index (χ1n) is 8.17.